The normalized spacial score (nSPS) is 20.6. The molecule has 5 heteroatoms. The van der Waals surface area contributed by atoms with Crippen LogP contribution in [-0.2, 0) is 10.0 Å². The molecule has 1 atom stereocenters. The van der Waals surface area contributed by atoms with Crippen molar-refractivity contribution in [2.45, 2.75) is 38.5 Å². The van der Waals surface area contributed by atoms with E-state index in [1.807, 2.05) is 20.8 Å². The summed E-state index contributed by atoms with van der Waals surface area (Å²) in [5, 5.41) is 4.14. The SMILES string of the molecule is C=C(C)C1CC=C(C)/C(=N/NS(=O)(=O)c2ccc(C)cc2)C1. The quantitative estimate of drug-likeness (QED) is 0.681. The van der Waals surface area contributed by atoms with Crippen molar-refractivity contribution in [1.29, 1.82) is 0 Å². The average Bonchev–Trinajstić information content (AvgIpc) is 2.46. The molecule has 1 aliphatic carbocycles. The smallest absolute Gasteiger partial charge is 0.200 e. The molecule has 0 aliphatic heterocycles. The van der Waals surface area contributed by atoms with Gasteiger partial charge in [-0.3, -0.25) is 0 Å². The van der Waals surface area contributed by atoms with Gasteiger partial charge in [0.25, 0.3) is 10.0 Å². The predicted octanol–water partition coefficient (Wildman–Crippen LogP) is 3.56. The maximum absolute atomic E-state index is 12.3. The van der Waals surface area contributed by atoms with Gasteiger partial charge < -0.3 is 0 Å². The van der Waals surface area contributed by atoms with Gasteiger partial charge in [-0.1, -0.05) is 35.9 Å². The monoisotopic (exact) mass is 318 g/mol. The molecule has 1 aromatic carbocycles. The number of hydrogen-bond acceptors (Lipinski definition) is 3. The number of nitrogens with one attached hydrogen (secondary N) is 1. The van der Waals surface area contributed by atoms with E-state index in [0.29, 0.717) is 12.3 Å². The highest BCUT2D eigenvalue weighted by molar-refractivity contribution is 7.89. The summed E-state index contributed by atoms with van der Waals surface area (Å²) in [5.74, 6) is 0.325. The third kappa shape index (κ3) is 3.85. The van der Waals surface area contributed by atoms with Crippen LogP contribution in [0.15, 0.2) is 58.1 Å². The number of aryl methyl sites for hydroxylation is 1. The first-order valence-corrected chi connectivity index (χ1v) is 8.75. The highest BCUT2D eigenvalue weighted by atomic mass is 32.2. The second kappa shape index (κ2) is 6.48. The Morgan fingerprint density at radius 1 is 1.27 bits per heavy atom. The molecular weight excluding hydrogens is 296 g/mol. The molecule has 0 bridgehead atoms. The largest absolute Gasteiger partial charge is 0.276 e. The summed E-state index contributed by atoms with van der Waals surface area (Å²) in [6, 6.07) is 6.70. The molecule has 4 nitrogen and oxygen atoms in total. The van der Waals surface area contributed by atoms with E-state index in [4.69, 9.17) is 0 Å². The Labute approximate surface area is 132 Å². The molecule has 0 radical (unpaired) electrons. The minimum Gasteiger partial charge on any atom is -0.200 e. The van der Waals surface area contributed by atoms with Gasteiger partial charge in [-0.15, -0.1) is 0 Å². The molecule has 0 heterocycles. The van der Waals surface area contributed by atoms with E-state index in [9.17, 15) is 8.42 Å². The Hall–Kier alpha value is -1.88. The highest BCUT2D eigenvalue weighted by Crippen LogP contribution is 2.26. The average molecular weight is 318 g/mol. The van der Waals surface area contributed by atoms with Crippen molar-refractivity contribution in [1.82, 2.24) is 4.83 Å². The van der Waals surface area contributed by atoms with Crippen LogP contribution >= 0.6 is 0 Å². The van der Waals surface area contributed by atoms with Crippen LogP contribution < -0.4 is 4.83 Å². The van der Waals surface area contributed by atoms with E-state index >= 15 is 0 Å². The summed E-state index contributed by atoms with van der Waals surface area (Å²) >= 11 is 0. The van der Waals surface area contributed by atoms with Crippen LogP contribution in [0.3, 0.4) is 0 Å². The van der Waals surface area contributed by atoms with E-state index in [2.05, 4.69) is 22.6 Å². The minimum absolute atomic E-state index is 0.219. The summed E-state index contributed by atoms with van der Waals surface area (Å²) in [7, 11) is -3.62. The van der Waals surface area contributed by atoms with Crippen LogP contribution in [0.5, 0.6) is 0 Å². The fraction of sp³-hybridized carbons (Fsp3) is 0.353. The molecule has 1 N–H and O–H groups in total. The lowest BCUT2D eigenvalue weighted by molar-refractivity contribution is 0.583. The van der Waals surface area contributed by atoms with Crippen molar-refractivity contribution in [3.8, 4) is 0 Å². The van der Waals surface area contributed by atoms with Gasteiger partial charge in [0, 0.05) is 0 Å². The molecule has 1 aromatic rings. The lowest BCUT2D eigenvalue weighted by Crippen LogP contribution is -2.23. The number of hydrazone groups is 1. The number of benzene rings is 1. The fourth-order valence-electron chi connectivity index (χ4n) is 2.31. The van der Waals surface area contributed by atoms with Crippen molar-refractivity contribution in [2.24, 2.45) is 11.0 Å². The lowest BCUT2D eigenvalue weighted by atomic mass is 9.85. The number of rotatable bonds is 4. The first-order chi connectivity index (χ1) is 10.3. The van der Waals surface area contributed by atoms with Gasteiger partial charge in [0.1, 0.15) is 0 Å². The highest BCUT2D eigenvalue weighted by Gasteiger charge is 2.20. The first kappa shape index (κ1) is 16.5. The molecule has 2 rings (SSSR count). The predicted molar refractivity (Wildman–Crippen MR) is 90.2 cm³/mol. The Morgan fingerprint density at radius 3 is 2.50 bits per heavy atom. The summed E-state index contributed by atoms with van der Waals surface area (Å²) in [6.07, 6.45) is 3.74. The molecule has 0 amide bonds. The van der Waals surface area contributed by atoms with Crippen LogP contribution in [-0.4, -0.2) is 14.1 Å². The molecule has 118 valence electrons. The fourth-order valence-corrected chi connectivity index (χ4v) is 3.14. The van der Waals surface area contributed by atoms with Gasteiger partial charge in [0.05, 0.1) is 10.6 Å². The third-order valence-electron chi connectivity index (χ3n) is 3.93. The van der Waals surface area contributed by atoms with Crippen LogP contribution in [0.2, 0.25) is 0 Å². The molecule has 1 unspecified atom stereocenters. The van der Waals surface area contributed by atoms with Gasteiger partial charge in [0.2, 0.25) is 0 Å². The van der Waals surface area contributed by atoms with Crippen LogP contribution in [0.4, 0.5) is 0 Å². The Morgan fingerprint density at radius 2 is 1.91 bits per heavy atom. The van der Waals surface area contributed by atoms with E-state index < -0.39 is 10.0 Å². The Kier molecular flexibility index (Phi) is 4.86. The van der Waals surface area contributed by atoms with E-state index in [1.54, 1.807) is 24.3 Å². The summed E-state index contributed by atoms with van der Waals surface area (Å²) in [6.45, 7) is 9.84. The van der Waals surface area contributed by atoms with Crippen molar-refractivity contribution in [2.75, 3.05) is 0 Å². The van der Waals surface area contributed by atoms with Crippen molar-refractivity contribution in [3.05, 3.63) is 53.6 Å². The molecular formula is C17H22N2O2S. The Bertz CT molecular complexity index is 728. The standard InChI is InChI=1S/C17H22N2O2S/c1-12(2)15-8-7-14(4)17(11-15)18-19-22(20,21)16-9-5-13(3)6-10-16/h5-7,9-10,15,19H,1,8,11H2,2-4H3/b18-17+. The van der Waals surface area contributed by atoms with Crippen molar-refractivity contribution >= 4 is 15.7 Å². The molecule has 22 heavy (non-hydrogen) atoms. The van der Waals surface area contributed by atoms with Gasteiger partial charge in [0.15, 0.2) is 0 Å². The van der Waals surface area contributed by atoms with Gasteiger partial charge in [-0.05, 0) is 57.2 Å². The number of sulfonamides is 1. The topological polar surface area (TPSA) is 58.5 Å². The Balaban J connectivity index is 2.19. The van der Waals surface area contributed by atoms with Gasteiger partial charge in [-0.25, -0.2) is 0 Å². The zero-order chi connectivity index (χ0) is 16.3. The maximum Gasteiger partial charge on any atom is 0.276 e. The van der Waals surface area contributed by atoms with Crippen molar-refractivity contribution in [3.63, 3.8) is 0 Å². The summed E-state index contributed by atoms with van der Waals surface area (Å²) < 4.78 is 24.5. The van der Waals surface area contributed by atoms with Crippen LogP contribution in [0, 0.1) is 12.8 Å². The van der Waals surface area contributed by atoms with E-state index in [-0.39, 0.29) is 4.90 Å². The van der Waals surface area contributed by atoms with E-state index in [0.717, 1.165) is 28.8 Å². The maximum atomic E-state index is 12.3. The second-order valence-electron chi connectivity index (χ2n) is 5.84. The number of hydrogen-bond donors (Lipinski definition) is 1. The lowest BCUT2D eigenvalue weighted by Gasteiger charge is -2.22. The van der Waals surface area contributed by atoms with Crippen molar-refractivity contribution < 1.29 is 8.42 Å². The zero-order valence-electron chi connectivity index (χ0n) is 13.3. The summed E-state index contributed by atoms with van der Waals surface area (Å²) in [4.78, 5) is 2.56. The van der Waals surface area contributed by atoms with E-state index in [1.165, 1.54) is 0 Å². The summed E-state index contributed by atoms with van der Waals surface area (Å²) in [5.41, 5.74) is 3.90. The molecule has 0 aromatic heterocycles. The second-order valence-corrected chi connectivity index (χ2v) is 7.50. The van der Waals surface area contributed by atoms with Crippen LogP contribution in [0.25, 0.3) is 0 Å². The molecule has 0 spiro atoms. The molecule has 0 fully saturated rings. The molecule has 0 saturated heterocycles. The minimum atomic E-state index is -3.62. The first-order valence-electron chi connectivity index (χ1n) is 7.27. The molecule has 1 aliphatic rings. The third-order valence-corrected chi connectivity index (χ3v) is 5.16. The number of allylic oxidation sites excluding steroid dienone is 3. The van der Waals surface area contributed by atoms with Crippen LogP contribution in [0.1, 0.15) is 32.3 Å². The van der Waals surface area contributed by atoms with Gasteiger partial charge >= 0.3 is 0 Å². The molecule has 0 saturated carbocycles. The number of nitrogens with zero attached hydrogens (tertiary/aromatic N) is 1. The van der Waals surface area contributed by atoms with Gasteiger partial charge in [-0.2, -0.15) is 18.4 Å². The zero-order valence-corrected chi connectivity index (χ0v) is 14.1.